The van der Waals surface area contributed by atoms with Crippen LogP contribution in [-0.2, 0) is 0 Å². The number of carbonyl (C=O) groups excluding carboxylic acids is 1. The number of carbonyl (C=O) groups is 1. The Morgan fingerprint density at radius 1 is 1.05 bits per heavy atom. The second-order valence-corrected chi connectivity index (χ2v) is 4.22. The lowest BCUT2D eigenvalue weighted by Gasteiger charge is -2.11. The number of benzene rings is 2. The Morgan fingerprint density at radius 2 is 1.81 bits per heavy atom. The summed E-state index contributed by atoms with van der Waals surface area (Å²) in [5.41, 5.74) is 0.777. The summed E-state index contributed by atoms with van der Waals surface area (Å²) in [6, 6.07) is 16.6. The zero-order valence-electron chi connectivity index (χ0n) is 11.0. The van der Waals surface area contributed by atoms with Crippen molar-refractivity contribution >= 4 is 11.6 Å². The van der Waals surface area contributed by atoms with E-state index >= 15 is 0 Å². The third-order valence-corrected chi connectivity index (χ3v) is 2.75. The van der Waals surface area contributed by atoms with E-state index in [-0.39, 0.29) is 11.6 Å². The lowest BCUT2D eigenvalue weighted by molar-refractivity contribution is 0.102. The molecule has 0 fully saturated rings. The zero-order valence-corrected chi connectivity index (χ0v) is 11.0. The molecule has 2 aromatic carbocycles. The molecule has 6 heteroatoms. The predicted molar refractivity (Wildman–Crippen MR) is 77.3 cm³/mol. The summed E-state index contributed by atoms with van der Waals surface area (Å²) in [7, 11) is 0. The van der Waals surface area contributed by atoms with E-state index in [1.807, 2.05) is 42.5 Å². The zero-order chi connectivity index (χ0) is 14.5. The summed E-state index contributed by atoms with van der Waals surface area (Å²) < 4.78 is 5.77. The maximum Gasteiger partial charge on any atom is 0.277 e. The molecule has 0 aliphatic rings. The number of rotatable bonds is 4. The topological polar surface area (TPSA) is 79.9 Å². The van der Waals surface area contributed by atoms with E-state index in [9.17, 15) is 4.79 Å². The number of nitrogens with one attached hydrogen (secondary N) is 2. The van der Waals surface area contributed by atoms with Gasteiger partial charge in [0.2, 0.25) is 0 Å². The van der Waals surface area contributed by atoms with Crippen LogP contribution in [0, 0.1) is 0 Å². The van der Waals surface area contributed by atoms with Crippen LogP contribution in [0.4, 0.5) is 5.69 Å². The number of hydrogen-bond acceptors (Lipinski definition) is 4. The first-order chi connectivity index (χ1) is 10.3. The van der Waals surface area contributed by atoms with Gasteiger partial charge in [0.05, 0.1) is 11.9 Å². The molecule has 1 aromatic heterocycles. The molecule has 0 saturated heterocycles. The molecule has 3 aromatic rings. The number of aromatic amines is 1. The minimum absolute atomic E-state index is 0.213. The lowest BCUT2D eigenvalue weighted by Crippen LogP contribution is -2.13. The Morgan fingerprint density at radius 3 is 2.57 bits per heavy atom. The van der Waals surface area contributed by atoms with Crippen LogP contribution in [0.5, 0.6) is 11.5 Å². The maximum absolute atomic E-state index is 12.0. The second-order valence-electron chi connectivity index (χ2n) is 4.22. The van der Waals surface area contributed by atoms with Gasteiger partial charge in [-0.25, -0.2) is 0 Å². The summed E-state index contributed by atoms with van der Waals surface area (Å²) in [5.74, 6) is 0.897. The SMILES string of the molecule is O=C(Nc1ccccc1Oc1ccccc1)c1cn[nH]n1. The monoisotopic (exact) mass is 280 g/mol. The fourth-order valence-corrected chi connectivity index (χ4v) is 1.77. The van der Waals surface area contributed by atoms with Gasteiger partial charge in [-0.2, -0.15) is 15.4 Å². The molecule has 0 atom stereocenters. The molecule has 6 nitrogen and oxygen atoms in total. The number of nitrogens with zero attached hydrogens (tertiary/aromatic N) is 2. The molecule has 0 radical (unpaired) electrons. The molecule has 0 aliphatic carbocycles. The van der Waals surface area contributed by atoms with E-state index in [2.05, 4.69) is 20.7 Å². The van der Waals surface area contributed by atoms with Gasteiger partial charge in [0.1, 0.15) is 5.75 Å². The van der Waals surface area contributed by atoms with E-state index in [1.165, 1.54) is 6.20 Å². The van der Waals surface area contributed by atoms with E-state index in [4.69, 9.17) is 4.74 Å². The molecular weight excluding hydrogens is 268 g/mol. The van der Waals surface area contributed by atoms with Gasteiger partial charge >= 0.3 is 0 Å². The number of anilines is 1. The van der Waals surface area contributed by atoms with Gasteiger partial charge in [-0.1, -0.05) is 30.3 Å². The molecule has 1 amide bonds. The molecule has 0 unspecified atom stereocenters. The Balaban J connectivity index is 1.81. The van der Waals surface area contributed by atoms with Crippen molar-refractivity contribution in [2.75, 3.05) is 5.32 Å². The van der Waals surface area contributed by atoms with Crippen molar-refractivity contribution in [3.63, 3.8) is 0 Å². The predicted octanol–water partition coefficient (Wildman–Crippen LogP) is 2.85. The first kappa shape index (κ1) is 12.9. The molecule has 21 heavy (non-hydrogen) atoms. The van der Waals surface area contributed by atoms with Gasteiger partial charge in [-0.15, -0.1) is 0 Å². The van der Waals surface area contributed by atoms with Crippen LogP contribution in [0.2, 0.25) is 0 Å². The van der Waals surface area contributed by atoms with Gasteiger partial charge in [0.25, 0.3) is 5.91 Å². The quantitative estimate of drug-likeness (QED) is 0.770. The minimum Gasteiger partial charge on any atom is -0.455 e. The molecular formula is C15H12N4O2. The van der Waals surface area contributed by atoms with Crippen molar-refractivity contribution in [3.8, 4) is 11.5 Å². The molecule has 0 spiro atoms. The summed E-state index contributed by atoms with van der Waals surface area (Å²) in [4.78, 5) is 12.0. The summed E-state index contributed by atoms with van der Waals surface area (Å²) in [6.07, 6.45) is 1.36. The normalized spacial score (nSPS) is 10.1. The number of para-hydroxylation sites is 3. The average molecular weight is 280 g/mol. The Bertz CT molecular complexity index is 726. The number of H-pyrrole nitrogens is 1. The molecule has 3 rings (SSSR count). The van der Waals surface area contributed by atoms with Gasteiger partial charge in [0, 0.05) is 0 Å². The number of ether oxygens (including phenoxy) is 1. The summed E-state index contributed by atoms with van der Waals surface area (Å²) in [5, 5.41) is 12.5. The first-order valence-corrected chi connectivity index (χ1v) is 6.32. The van der Waals surface area contributed by atoms with Gasteiger partial charge in [-0.3, -0.25) is 4.79 Å². The van der Waals surface area contributed by atoms with Crippen LogP contribution in [0.25, 0.3) is 0 Å². The van der Waals surface area contributed by atoms with Crippen molar-refractivity contribution in [1.29, 1.82) is 0 Å². The average Bonchev–Trinajstić information content (AvgIpc) is 3.05. The van der Waals surface area contributed by atoms with Crippen molar-refractivity contribution < 1.29 is 9.53 Å². The van der Waals surface area contributed by atoms with Crippen molar-refractivity contribution in [3.05, 3.63) is 66.5 Å². The highest BCUT2D eigenvalue weighted by atomic mass is 16.5. The van der Waals surface area contributed by atoms with Crippen molar-refractivity contribution in [1.82, 2.24) is 15.4 Å². The molecule has 0 aliphatic heterocycles. The highest BCUT2D eigenvalue weighted by Crippen LogP contribution is 2.29. The third kappa shape index (κ3) is 3.06. The van der Waals surface area contributed by atoms with Gasteiger partial charge in [-0.05, 0) is 24.3 Å². The number of aromatic nitrogens is 3. The second kappa shape index (κ2) is 5.87. The molecule has 2 N–H and O–H groups in total. The van der Waals surface area contributed by atoms with Crippen molar-refractivity contribution in [2.45, 2.75) is 0 Å². The highest BCUT2D eigenvalue weighted by molar-refractivity contribution is 6.03. The fourth-order valence-electron chi connectivity index (χ4n) is 1.77. The van der Waals surface area contributed by atoms with Crippen LogP contribution in [0.1, 0.15) is 10.5 Å². The van der Waals surface area contributed by atoms with Crippen LogP contribution in [0.15, 0.2) is 60.8 Å². The van der Waals surface area contributed by atoms with Gasteiger partial charge < -0.3 is 10.1 Å². The maximum atomic E-state index is 12.0. The standard InChI is InChI=1S/C15H12N4O2/c20-15(13-10-16-19-18-13)17-12-8-4-5-9-14(12)21-11-6-2-1-3-7-11/h1-10H,(H,17,20)(H,16,18,19). The Hall–Kier alpha value is -3.15. The van der Waals surface area contributed by atoms with Gasteiger partial charge in [0.15, 0.2) is 11.4 Å². The summed E-state index contributed by atoms with van der Waals surface area (Å²) in [6.45, 7) is 0. The van der Waals surface area contributed by atoms with E-state index in [0.717, 1.165) is 0 Å². The van der Waals surface area contributed by atoms with E-state index in [0.29, 0.717) is 17.2 Å². The molecule has 0 saturated carbocycles. The fraction of sp³-hybridized carbons (Fsp3) is 0. The largest absolute Gasteiger partial charge is 0.455 e. The van der Waals surface area contributed by atoms with Crippen LogP contribution < -0.4 is 10.1 Å². The third-order valence-electron chi connectivity index (χ3n) is 2.75. The first-order valence-electron chi connectivity index (χ1n) is 6.32. The number of amides is 1. The number of hydrogen-bond donors (Lipinski definition) is 2. The van der Waals surface area contributed by atoms with Crippen LogP contribution in [0.3, 0.4) is 0 Å². The molecule has 1 heterocycles. The van der Waals surface area contributed by atoms with E-state index < -0.39 is 0 Å². The minimum atomic E-state index is -0.354. The highest BCUT2D eigenvalue weighted by Gasteiger charge is 2.12. The molecule has 104 valence electrons. The Kier molecular flexibility index (Phi) is 3.60. The molecule has 0 bridgehead atoms. The lowest BCUT2D eigenvalue weighted by atomic mass is 10.2. The Labute approximate surface area is 120 Å². The van der Waals surface area contributed by atoms with Crippen molar-refractivity contribution in [2.24, 2.45) is 0 Å². The van der Waals surface area contributed by atoms with E-state index in [1.54, 1.807) is 12.1 Å². The smallest absolute Gasteiger partial charge is 0.277 e. The van der Waals surface area contributed by atoms with Crippen LogP contribution >= 0.6 is 0 Å². The summed E-state index contributed by atoms with van der Waals surface area (Å²) >= 11 is 0. The van der Waals surface area contributed by atoms with Crippen LogP contribution in [-0.4, -0.2) is 21.3 Å².